The summed E-state index contributed by atoms with van der Waals surface area (Å²) in [7, 11) is 0. The Morgan fingerprint density at radius 3 is 2.75 bits per heavy atom. The Morgan fingerprint density at radius 1 is 1.21 bits per heavy atom. The molecule has 2 aliphatic rings. The molecule has 0 aliphatic carbocycles. The van der Waals surface area contributed by atoms with Crippen molar-refractivity contribution in [2.24, 2.45) is 5.92 Å². The minimum atomic E-state index is -0.432. The fourth-order valence-electron chi connectivity index (χ4n) is 3.37. The van der Waals surface area contributed by atoms with Crippen LogP contribution in [0.1, 0.15) is 25.7 Å². The maximum atomic E-state index is 12.7. The van der Waals surface area contributed by atoms with Crippen molar-refractivity contribution >= 4 is 40.7 Å². The van der Waals surface area contributed by atoms with Crippen LogP contribution in [0, 0.1) is 5.92 Å². The summed E-state index contributed by atoms with van der Waals surface area (Å²) in [5.74, 6) is -0.113. The monoisotopic (exact) mass is 369 g/mol. The van der Waals surface area contributed by atoms with E-state index >= 15 is 0 Å². The summed E-state index contributed by atoms with van der Waals surface area (Å²) in [5.41, 5.74) is 0.520. The maximum absolute atomic E-state index is 12.7. The number of piperidine rings is 1. The minimum absolute atomic E-state index is 0.0162. The number of anilines is 1. The first-order valence-corrected chi connectivity index (χ1v) is 9.09. The van der Waals surface area contributed by atoms with E-state index in [1.54, 1.807) is 23.1 Å². The summed E-state index contributed by atoms with van der Waals surface area (Å²) in [6.45, 7) is 2.20. The van der Waals surface area contributed by atoms with Gasteiger partial charge in [0.05, 0.1) is 16.6 Å². The number of nitrogens with zero attached hydrogens (tertiary/aromatic N) is 1. The standard InChI is InChI=1S/C17H21Cl2N3O2/c18-12-4-5-14(13(19)9-12)21-16(23)15-3-1-2-8-22(15)17(24)11-6-7-20-10-11/h4-5,9,11,15,20H,1-3,6-8,10H2,(H,21,23). The van der Waals surface area contributed by atoms with Gasteiger partial charge < -0.3 is 15.5 Å². The van der Waals surface area contributed by atoms with Crippen LogP contribution in [0.4, 0.5) is 5.69 Å². The molecule has 2 aliphatic heterocycles. The van der Waals surface area contributed by atoms with Gasteiger partial charge in [0.25, 0.3) is 0 Å². The summed E-state index contributed by atoms with van der Waals surface area (Å²) in [6.07, 6.45) is 3.41. The lowest BCUT2D eigenvalue weighted by molar-refractivity contribution is -0.143. The number of carbonyl (C=O) groups is 2. The van der Waals surface area contributed by atoms with E-state index in [0.717, 1.165) is 25.8 Å². The third-order valence-electron chi connectivity index (χ3n) is 4.69. The molecule has 24 heavy (non-hydrogen) atoms. The highest BCUT2D eigenvalue weighted by molar-refractivity contribution is 6.36. The van der Waals surface area contributed by atoms with Crippen LogP contribution < -0.4 is 10.6 Å². The first kappa shape index (κ1) is 17.5. The van der Waals surface area contributed by atoms with E-state index in [1.807, 2.05) is 0 Å². The fourth-order valence-corrected chi connectivity index (χ4v) is 3.83. The molecule has 130 valence electrons. The van der Waals surface area contributed by atoms with E-state index in [2.05, 4.69) is 10.6 Å². The van der Waals surface area contributed by atoms with Gasteiger partial charge in [0.15, 0.2) is 0 Å². The van der Waals surface area contributed by atoms with Crippen molar-refractivity contribution in [1.82, 2.24) is 10.2 Å². The molecule has 2 unspecified atom stereocenters. The molecule has 2 heterocycles. The predicted molar refractivity (Wildman–Crippen MR) is 95.4 cm³/mol. The molecule has 2 amide bonds. The highest BCUT2D eigenvalue weighted by Gasteiger charge is 2.36. The number of rotatable bonds is 3. The average Bonchev–Trinajstić information content (AvgIpc) is 3.11. The lowest BCUT2D eigenvalue weighted by Gasteiger charge is -2.36. The molecule has 2 atom stereocenters. The molecule has 0 aromatic heterocycles. The number of nitrogens with one attached hydrogen (secondary N) is 2. The second kappa shape index (κ2) is 7.72. The van der Waals surface area contributed by atoms with Crippen molar-refractivity contribution < 1.29 is 9.59 Å². The highest BCUT2D eigenvalue weighted by Crippen LogP contribution is 2.27. The number of likely N-dealkylation sites (tertiary alicyclic amines) is 1. The zero-order chi connectivity index (χ0) is 17.1. The first-order valence-electron chi connectivity index (χ1n) is 8.33. The van der Waals surface area contributed by atoms with Gasteiger partial charge >= 0.3 is 0 Å². The van der Waals surface area contributed by atoms with Crippen molar-refractivity contribution in [3.63, 3.8) is 0 Å². The Balaban J connectivity index is 1.72. The smallest absolute Gasteiger partial charge is 0.247 e. The minimum Gasteiger partial charge on any atom is -0.330 e. The van der Waals surface area contributed by atoms with E-state index in [4.69, 9.17) is 23.2 Å². The molecule has 0 bridgehead atoms. The Labute approximate surface area is 151 Å². The molecular weight excluding hydrogens is 349 g/mol. The molecule has 0 radical (unpaired) electrons. The van der Waals surface area contributed by atoms with Gasteiger partial charge in [0, 0.05) is 18.1 Å². The topological polar surface area (TPSA) is 61.4 Å². The highest BCUT2D eigenvalue weighted by atomic mass is 35.5. The van der Waals surface area contributed by atoms with E-state index < -0.39 is 6.04 Å². The lowest BCUT2D eigenvalue weighted by atomic mass is 9.98. The quantitative estimate of drug-likeness (QED) is 0.860. The van der Waals surface area contributed by atoms with Crippen molar-refractivity contribution in [3.05, 3.63) is 28.2 Å². The Hall–Kier alpha value is -1.30. The second-order valence-corrected chi connectivity index (χ2v) is 7.19. The molecule has 2 N–H and O–H groups in total. The SMILES string of the molecule is O=C(Nc1ccc(Cl)cc1Cl)C1CCCCN1C(=O)C1CCNC1. The van der Waals surface area contributed by atoms with Crippen LogP contribution in [0.5, 0.6) is 0 Å². The van der Waals surface area contributed by atoms with Crippen LogP contribution in [0.25, 0.3) is 0 Å². The van der Waals surface area contributed by atoms with Crippen LogP contribution in [0.2, 0.25) is 10.0 Å². The van der Waals surface area contributed by atoms with Crippen molar-refractivity contribution in [2.45, 2.75) is 31.7 Å². The number of benzene rings is 1. The van der Waals surface area contributed by atoms with Crippen LogP contribution >= 0.6 is 23.2 Å². The Bertz CT molecular complexity index is 632. The number of hydrogen-bond acceptors (Lipinski definition) is 3. The van der Waals surface area contributed by atoms with Gasteiger partial charge in [-0.1, -0.05) is 23.2 Å². The molecule has 2 saturated heterocycles. The van der Waals surface area contributed by atoms with Crippen molar-refractivity contribution in [2.75, 3.05) is 25.0 Å². The summed E-state index contributed by atoms with van der Waals surface area (Å²) in [6, 6.07) is 4.51. The third kappa shape index (κ3) is 3.85. The molecule has 1 aromatic carbocycles. The Kier molecular flexibility index (Phi) is 5.64. The summed E-state index contributed by atoms with van der Waals surface area (Å²) in [4.78, 5) is 27.2. The summed E-state index contributed by atoms with van der Waals surface area (Å²) in [5, 5.41) is 6.96. The van der Waals surface area contributed by atoms with Crippen molar-refractivity contribution in [1.29, 1.82) is 0 Å². The second-order valence-electron chi connectivity index (χ2n) is 6.35. The number of hydrogen-bond donors (Lipinski definition) is 2. The van der Waals surface area contributed by atoms with Crippen LogP contribution in [0.3, 0.4) is 0 Å². The molecule has 0 spiro atoms. The predicted octanol–water partition coefficient (Wildman–Crippen LogP) is 2.92. The molecular formula is C17H21Cl2N3O2. The average molecular weight is 370 g/mol. The van der Waals surface area contributed by atoms with Gasteiger partial charge in [-0.2, -0.15) is 0 Å². The third-order valence-corrected chi connectivity index (χ3v) is 5.23. The van der Waals surface area contributed by atoms with Crippen LogP contribution in [0.15, 0.2) is 18.2 Å². The zero-order valence-corrected chi connectivity index (χ0v) is 14.9. The molecule has 7 heteroatoms. The number of halogens is 2. The normalized spacial score (nSPS) is 24.0. The Morgan fingerprint density at radius 2 is 2.04 bits per heavy atom. The van der Waals surface area contributed by atoms with Gasteiger partial charge in [-0.15, -0.1) is 0 Å². The lowest BCUT2D eigenvalue weighted by Crippen LogP contribution is -2.52. The summed E-state index contributed by atoms with van der Waals surface area (Å²) < 4.78 is 0. The van der Waals surface area contributed by atoms with Gasteiger partial charge in [0.1, 0.15) is 6.04 Å². The molecule has 2 fully saturated rings. The first-order chi connectivity index (χ1) is 11.6. The van der Waals surface area contributed by atoms with Gasteiger partial charge in [-0.05, 0) is 50.4 Å². The van der Waals surface area contributed by atoms with E-state index in [1.165, 1.54) is 0 Å². The number of carbonyl (C=O) groups excluding carboxylic acids is 2. The van der Waals surface area contributed by atoms with Crippen molar-refractivity contribution in [3.8, 4) is 0 Å². The zero-order valence-electron chi connectivity index (χ0n) is 13.4. The van der Waals surface area contributed by atoms with Gasteiger partial charge in [0.2, 0.25) is 11.8 Å². The molecule has 1 aromatic rings. The maximum Gasteiger partial charge on any atom is 0.247 e. The van der Waals surface area contributed by atoms with Gasteiger partial charge in [-0.3, -0.25) is 9.59 Å². The van der Waals surface area contributed by atoms with E-state index in [9.17, 15) is 9.59 Å². The van der Waals surface area contributed by atoms with E-state index in [0.29, 0.717) is 35.2 Å². The molecule has 0 saturated carbocycles. The number of amides is 2. The van der Waals surface area contributed by atoms with Crippen LogP contribution in [-0.4, -0.2) is 42.4 Å². The van der Waals surface area contributed by atoms with Crippen LogP contribution in [-0.2, 0) is 9.59 Å². The largest absolute Gasteiger partial charge is 0.330 e. The van der Waals surface area contributed by atoms with E-state index in [-0.39, 0.29) is 17.7 Å². The fraction of sp³-hybridized carbons (Fsp3) is 0.529. The summed E-state index contributed by atoms with van der Waals surface area (Å²) >= 11 is 12.0. The van der Waals surface area contributed by atoms with Gasteiger partial charge in [-0.25, -0.2) is 0 Å². The molecule has 5 nitrogen and oxygen atoms in total. The molecule has 3 rings (SSSR count).